The van der Waals surface area contributed by atoms with E-state index in [0.29, 0.717) is 29.6 Å². The number of aryl methyl sites for hydroxylation is 1. The summed E-state index contributed by atoms with van der Waals surface area (Å²) in [7, 11) is 0. The molecule has 0 bridgehead atoms. The quantitative estimate of drug-likeness (QED) is 0.226. The number of aromatic nitrogens is 3. The molecule has 2 aliphatic rings. The Morgan fingerprint density at radius 2 is 2.11 bits per heavy atom. The molecule has 6 rings (SSSR count). The van der Waals surface area contributed by atoms with E-state index in [0.717, 1.165) is 45.1 Å². The number of benzene rings is 1. The van der Waals surface area contributed by atoms with Crippen LogP contribution in [0, 0.1) is 12.3 Å². The van der Waals surface area contributed by atoms with Gasteiger partial charge in [-0.25, -0.2) is 4.98 Å². The van der Waals surface area contributed by atoms with Crippen molar-refractivity contribution in [3.05, 3.63) is 70.4 Å². The highest BCUT2D eigenvalue weighted by Gasteiger charge is 2.43. The highest BCUT2D eigenvalue weighted by Crippen LogP contribution is 2.51. The molecule has 1 aliphatic carbocycles. The van der Waals surface area contributed by atoms with Gasteiger partial charge >= 0.3 is 0 Å². The summed E-state index contributed by atoms with van der Waals surface area (Å²) in [6, 6.07) is 9.96. The van der Waals surface area contributed by atoms with Crippen LogP contribution in [0.4, 0.5) is 5.69 Å². The topological polar surface area (TPSA) is 116 Å². The van der Waals surface area contributed by atoms with E-state index in [9.17, 15) is 9.90 Å². The molecule has 2 unspecified atom stereocenters. The summed E-state index contributed by atoms with van der Waals surface area (Å²) in [5.41, 5.74) is 6.64. The van der Waals surface area contributed by atoms with E-state index >= 15 is 0 Å². The minimum Gasteiger partial charge on any atom is -0.453 e. The van der Waals surface area contributed by atoms with Gasteiger partial charge in [-0.3, -0.25) is 4.79 Å². The van der Waals surface area contributed by atoms with Crippen molar-refractivity contribution < 1.29 is 19.1 Å². The fraction of sp³-hybridized carbons (Fsp3) is 0.357. The first-order valence-corrected chi connectivity index (χ1v) is 13.3. The average molecular weight is 519 g/mol. The number of Topliss-reactive ketones (excluding diaryl/α,β-unsaturated/α-hetero) is 1. The number of nitrogens with one attached hydrogen (secondary N) is 3. The summed E-state index contributed by atoms with van der Waals surface area (Å²) in [5, 5.41) is 15.5. The second-order valence-corrected chi connectivity index (χ2v) is 11.5. The van der Waals surface area contributed by atoms with E-state index in [1.54, 1.807) is 0 Å². The van der Waals surface area contributed by atoms with E-state index in [-0.39, 0.29) is 17.1 Å². The maximum atomic E-state index is 13.5. The molecule has 1 aliphatic heterocycles. The third-order valence-electron chi connectivity index (χ3n) is 7.01. The monoisotopic (exact) mass is 518 g/mol. The second kappa shape index (κ2) is 8.93. The molecule has 0 saturated heterocycles. The van der Waals surface area contributed by atoms with Crippen LogP contribution in [0.3, 0.4) is 0 Å². The van der Waals surface area contributed by atoms with Crippen LogP contribution in [-0.4, -0.2) is 32.4 Å². The molecule has 3 aromatic heterocycles. The highest BCUT2D eigenvalue weighted by atomic mass is 32.2. The lowest BCUT2D eigenvalue weighted by molar-refractivity contribution is -0.118. The smallest absolute Gasteiger partial charge is 0.198 e. The summed E-state index contributed by atoms with van der Waals surface area (Å²) >= 11 is 1.41. The number of ketones is 1. The summed E-state index contributed by atoms with van der Waals surface area (Å²) in [6.07, 6.45) is 1.92. The van der Waals surface area contributed by atoms with Crippen LogP contribution >= 0.6 is 11.8 Å². The number of hydrogen-bond donors (Lipinski definition) is 4. The van der Waals surface area contributed by atoms with Crippen LogP contribution in [0.1, 0.15) is 68.4 Å². The molecule has 0 radical (unpaired) electrons. The summed E-state index contributed by atoms with van der Waals surface area (Å²) in [6.45, 7) is 8.46. The molecule has 0 fully saturated rings. The van der Waals surface area contributed by atoms with Gasteiger partial charge in [0.2, 0.25) is 0 Å². The molecule has 37 heavy (non-hydrogen) atoms. The number of ether oxygens (including phenoxy) is 1. The van der Waals surface area contributed by atoms with Crippen molar-refractivity contribution in [2.75, 3.05) is 11.9 Å². The zero-order chi connectivity index (χ0) is 25.9. The molecular weight excluding hydrogens is 488 g/mol. The number of carbonyl (C=O) groups is 1. The molecule has 0 saturated carbocycles. The fourth-order valence-electron chi connectivity index (χ4n) is 5.43. The van der Waals surface area contributed by atoms with Crippen LogP contribution in [0.2, 0.25) is 0 Å². The SMILES string of the molecule is CCOC(O)c1[nH]cc2c1NC1=C(C(=O)CC(C)(C)C1)C2c1ccc(Sc2nc3ccc(C)cc3[nH]2)o1. The van der Waals surface area contributed by atoms with E-state index in [1.165, 1.54) is 17.3 Å². The van der Waals surface area contributed by atoms with Gasteiger partial charge in [0.15, 0.2) is 22.3 Å². The van der Waals surface area contributed by atoms with Crippen LogP contribution < -0.4 is 5.32 Å². The molecule has 4 aromatic rings. The minimum absolute atomic E-state index is 0.112. The average Bonchev–Trinajstić information content (AvgIpc) is 3.55. The summed E-state index contributed by atoms with van der Waals surface area (Å²) < 4.78 is 11.8. The normalized spacial score (nSPS) is 19.6. The van der Waals surface area contributed by atoms with Gasteiger partial charge in [-0.2, -0.15) is 0 Å². The summed E-state index contributed by atoms with van der Waals surface area (Å²) in [5.74, 6) is 0.399. The number of rotatable bonds is 6. The Labute approximate surface area is 218 Å². The van der Waals surface area contributed by atoms with Gasteiger partial charge in [-0.15, -0.1) is 0 Å². The number of hydrogen-bond acceptors (Lipinski definition) is 7. The summed E-state index contributed by atoms with van der Waals surface area (Å²) in [4.78, 5) is 24.7. The number of aliphatic hydroxyl groups excluding tert-OH is 1. The Morgan fingerprint density at radius 1 is 1.27 bits per heavy atom. The van der Waals surface area contributed by atoms with Crippen molar-refractivity contribution >= 4 is 34.3 Å². The maximum absolute atomic E-state index is 13.5. The van der Waals surface area contributed by atoms with Gasteiger partial charge in [0, 0.05) is 36.1 Å². The molecule has 1 aromatic carbocycles. The number of fused-ring (bicyclic) bond motifs is 2. The number of anilines is 1. The minimum atomic E-state index is -1.10. The number of H-pyrrole nitrogens is 2. The van der Waals surface area contributed by atoms with Gasteiger partial charge < -0.3 is 29.5 Å². The van der Waals surface area contributed by atoms with Crippen LogP contribution in [-0.2, 0) is 9.53 Å². The number of furan rings is 1. The number of aromatic amines is 2. The third-order valence-corrected chi connectivity index (χ3v) is 7.82. The van der Waals surface area contributed by atoms with Crippen LogP contribution in [0.15, 0.2) is 62.5 Å². The lowest BCUT2D eigenvalue weighted by Crippen LogP contribution is -2.33. The molecule has 9 heteroatoms. The first-order chi connectivity index (χ1) is 17.7. The number of allylic oxidation sites excluding steroid dienone is 2. The van der Waals surface area contributed by atoms with Gasteiger partial charge in [-0.1, -0.05) is 19.9 Å². The number of imidazole rings is 1. The number of aliphatic hydroxyl groups is 1. The van der Waals surface area contributed by atoms with Crippen molar-refractivity contribution in [2.24, 2.45) is 5.41 Å². The fourth-order valence-corrected chi connectivity index (χ4v) is 6.20. The number of nitrogens with zero attached hydrogens (tertiary/aromatic N) is 1. The van der Waals surface area contributed by atoms with Crippen LogP contribution in [0.25, 0.3) is 11.0 Å². The van der Waals surface area contributed by atoms with Gasteiger partial charge in [0.1, 0.15) is 5.76 Å². The van der Waals surface area contributed by atoms with Gasteiger partial charge in [0.05, 0.1) is 28.3 Å². The first-order valence-electron chi connectivity index (χ1n) is 12.5. The predicted molar refractivity (Wildman–Crippen MR) is 142 cm³/mol. The largest absolute Gasteiger partial charge is 0.453 e. The molecule has 2 atom stereocenters. The Morgan fingerprint density at radius 3 is 2.92 bits per heavy atom. The second-order valence-electron chi connectivity index (χ2n) is 10.6. The Hall–Kier alpha value is -3.27. The molecule has 4 N–H and O–H groups in total. The zero-order valence-electron chi connectivity index (χ0n) is 21.3. The van der Waals surface area contributed by atoms with Crippen molar-refractivity contribution in [1.82, 2.24) is 15.0 Å². The van der Waals surface area contributed by atoms with E-state index in [2.05, 4.69) is 47.1 Å². The maximum Gasteiger partial charge on any atom is 0.198 e. The van der Waals surface area contributed by atoms with Crippen molar-refractivity contribution in [3.63, 3.8) is 0 Å². The van der Waals surface area contributed by atoms with Crippen molar-refractivity contribution in [3.8, 4) is 0 Å². The Kier molecular flexibility index (Phi) is 5.82. The van der Waals surface area contributed by atoms with Crippen molar-refractivity contribution in [2.45, 2.75) is 63.0 Å². The highest BCUT2D eigenvalue weighted by molar-refractivity contribution is 7.99. The lowest BCUT2D eigenvalue weighted by atomic mass is 9.70. The van der Waals surface area contributed by atoms with Crippen molar-refractivity contribution in [1.29, 1.82) is 0 Å². The molecule has 4 heterocycles. The van der Waals surface area contributed by atoms with E-state index < -0.39 is 6.29 Å². The number of carbonyl (C=O) groups excluding carboxylic acids is 1. The lowest BCUT2D eigenvalue weighted by Gasteiger charge is -2.38. The Balaban J connectivity index is 1.39. The molecular formula is C28H30N4O4S. The zero-order valence-corrected chi connectivity index (χ0v) is 22.1. The van der Waals surface area contributed by atoms with Crippen LogP contribution in [0.5, 0.6) is 0 Å². The standard InChI is InChI=1S/C28H30N4O4S/c1-5-35-26(34)25-24-15(13-29-25)22(23-18(30-24)11-28(3,4)12-19(23)33)20-8-9-21(36-20)37-27-31-16-7-6-14(2)10-17(16)32-27/h6-10,13,22,26,29-30,34H,5,11-12H2,1-4H3,(H,31,32). The predicted octanol–water partition coefficient (Wildman–Crippen LogP) is 6.17. The molecule has 8 nitrogen and oxygen atoms in total. The third kappa shape index (κ3) is 4.31. The molecule has 192 valence electrons. The van der Waals surface area contributed by atoms with Gasteiger partial charge in [-0.05, 0) is 67.3 Å². The first kappa shape index (κ1) is 24.1. The Bertz CT molecular complexity index is 1540. The van der Waals surface area contributed by atoms with E-state index in [1.807, 2.05) is 37.4 Å². The van der Waals surface area contributed by atoms with E-state index in [4.69, 9.17) is 9.15 Å². The molecule has 0 spiro atoms. The van der Waals surface area contributed by atoms with Gasteiger partial charge in [0.25, 0.3) is 0 Å². The molecule has 0 amide bonds.